The number of fused-ring (bicyclic) bond motifs is 8. The Balaban J connectivity index is 0.000000149. The van der Waals surface area contributed by atoms with Crippen LogP contribution in [0.5, 0.6) is 17.2 Å². The number of aryl methyl sites for hydroxylation is 2. The molecule has 0 aliphatic carbocycles. The van der Waals surface area contributed by atoms with Crippen LogP contribution in [0.4, 0.5) is 0 Å². The topological polar surface area (TPSA) is 264 Å². The summed E-state index contributed by atoms with van der Waals surface area (Å²) >= 11 is 6.26. The second-order valence-electron chi connectivity index (χ2n) is 26.1. The maximum atomic E-state index is 11.0. The molecule has 0 unspecified atom stereocenters. The number of hydrogen-bond donors (Lipinski definition) is 2. The molecular formula is C74H81ClN12O12Zn. The number of halogens is 1. The van der Waals surface area contributed by atoms with Crippen LogP contribution in [0.2, 0.25) is 5.15 Å². The fraction of sp³-hybridized carbons (Fsp3) is 0.365. The molecule has 17 rings (SSSR count). The maximum absolute atomic E-state index is 11.0. The number of aliphatic hydroxyl groups excluding tert-OH is 1. The fourth-order valence-corrected chi connectivity index (χ4v) is 14.0. The van der Waals surface area contributed by atoms with E-state index >= 15 is 0 Å². The predicted octanol–water partition coefficient (Wildman–Crippen LogP) is 12.6. The van der Waals surface area contributed by atoms with Crippen molar-refractivity contribution in [3.63, 3.8) is 0 Å². The second-order valence-corrected chi connectivity index (χ2v) is 26.5. The molecule has 5 saturated heterocycles. The smallest absolute Gasteiger partial charge is 0.491 e. The molecule has 0 bridgehead atoms. The largest absolute Gasteiger partial charge is 2.00 e. The third-order valence-corrected chi connectivity index (χ3v) is 19.0. The summed E-state index contributed by atoms with van der Waals surface area (Å²) < 4.78 is 68.4. The van der Waals surface area contributed by atoms with E-state index < -0.39 is 59.3 Å². The van der Waals surface area contributed by atoms with Crippen molar-refractivity contribution < 1.29 is 77.1 Å². The zero-order valence-electron chi connectivity index (χ0n) is 56.8. The van der Waals surface area contributed by atoms with Crippen molar-refractivity contribution in [2.75, 3.05) is 19.8 Å². The molecule has 9 aromatic heterocycles. The Hall–Kier alpha value is -8.30. The van der Waals surface area contributed by atoms with E-state index in [1.807, 2.05) is 186 Å². The van der Waals surface area contributed by atoms with E-state index in [9.17, 15) is 10.2 Å². The van der Waals surface area contributed by atoms with Gasteiger partial charge < -0.3 is 86.1 Å². The summed E-state index contributed by atoms with van der Waals surface area (Å²) in [5.74, 6) is 0.579. The zero-order chi connectivity index (χ0) is 66.5. The van der Waals surface area contributed by atoms with Gasteiger partial charge in [-0.25, -0.2) is 29.9 Å². The van der Waals surface area contributed by atoms with Gasteiger partial charge in [-0.3, -0.25) is 15.0 Å². The van der Waals surface area contributed by atoms with Crippen LogP contribution in [0.3, 0.4) is 0 Å². The van der Waals surface area contributed by atoms with Crippen LogP contribution in [-0.4, -0.2) is 154 Å². The van der Waals surface area contributed by atoms with Gasteiger partial charge in [0.2, 0.25) is 0 Å². The van der Waals surface area contributed by atoms with Crippen molar-refractivity contribution in [3.8, 4) is 17.2 Å². The number of aliphatic hydroxyl groups is 2. The maximum Gasteiger partial charge on any atom is 2.00 e. The van der Waals surface area contributed by atoms with Gasteiger partial charge in [-0.05, 0) is 135 Å². The molecule has 0 radical (unpaired) electrons. The Morgan fingerprint density at radius 3 is 1.25 bits per heavy atom. The van der Waals surface area contributed by atoms with E-state index in [1.165, 1.54) is 12.7 Å². The molecule has 0 saturated carbocycles. The Kier molecular flexibility index (Phi) is 20.6. The number of ether oxygens (including phenoxy) is 10. The molecule has 24 nitrogen and oxygen atoms in total. The fourth-order valence-electron chi connectivity index (χ4n) is 13.8. The Morgan fingerprint density at radius 2 is 0.830 bits per heavy atom. The monoisotopic (exact) mass is 1430 g/mol. The summed E-state index contributed by atoms with van der Waals surface area (Å²) in [4.78, 5) is 39.0. The Bertz CT molecular complexity index is 4700. The van der Waals surface area contributed by atoms with Crippen LogP contribution in [-0.2, 0) is 52.6 Å². The van der Waals surface area contributed by atoms with E-state index in [0.29, 0.717) is 28.8 Å². The van der Waals surface area contributed by atoms with Gasteiger partial charge in [0, 0.05) is 82.3 Å². The van der Waals surface area contributed by atoms with Crippen LogP contribution in [0.1, 0.15) is 86.0 Å². The quantitative estimate of drug-likeness (QED) is 0.0654. The third kappa shape index (κ3) is 13.4. The minimum absolute atomic E-state index is 0. The first-order chi connectivity index (χ1) is 46.1. The van der Waals surface area contributed by atoms with Gasteiger partial charge in [0.1, 0.15) is 132 Å². The first kappa shape index (κ1) is 72.9. The number of nitrogens with zero attached hydrogens (tertiary/aromatic N) is 12. The average molecular weight is 1430 g/mol. The van der Waals surface area contributed by atoms with Crippen LogP contribution in [0.25, 0.3) is 65.8 Å². The summed E-state index contributed by atoms with van der Waals surface area (Å²) in [7, 11) is 0. The number of aromatic nitrogens is 12. The van der Waals surface area contributed by atoms with Crippen molar-refractivity contribution in [1.82, 2.24) is 58.6 Å². The standard InChI is InChI=1S/C25H26N4O4.C24H23ClN4O4.C22H22N4O4.CH4.2CH3.Zn/c1-15-18-9-11-29(22(18)28-14-27-15)23-21-25(4,33-24(2,3)32-21)20(31-23)13-30-17-8-7-16-6-5-10-26-19(16)12-17;1-23(2)32-19-22(29-10-8-16-20(25)27-13-28-21(16)29)31-18(24(19,3)33-23)12-30-15-7-6-14-5-4-9-26-17(14)11-15;1-13-16-7-9-26(20(16)25-12-24-13)21-19(27)22(2,28)18(30-21)11-29-15-6-5-14-4-3-8-23-17(14)10-15;;;;/h5-12,14,20-21,23H,13H2,1-4H3;4-11,13,18-19,22H,12H2,1-3H3;3-10,12,18-19,21,27-28H,11H2,1-2H3;1H4;2*1H3;/q;;;;2*-1;+2/t20-,21+,23-,25-;18-,19+,22-,24-;18-,19+,21-,22-;;;;/m111..../s1. The van der Waals surface area contributed by atoms with Crippen molar-refractivity contribution >= 4 is 77.4 Å². The molecule has 2 N–H and O–H groups in total. The molecule has 100 heavy (non-hydrogen) atoms. The van der Waals surface area contributed by atoms with Gasteiger partial charge in [0.05, 0.1) is 33.3 Å². The Labute approximate surface area is 597 Å². The molecule has 0 amide bonds. The molecule has 12 atom stereocenters. The summed E-state index contributed by atoms with van der Waals surface area (Å²) in [6.45, 7) is 17.8. The summed E-state index contributed by atoms with van der Waals surface area (Å²) in [6.07, 6.45) is 10.4. The van der Waals surface area contributed by atoms with Crippen molar-refractivity contribution in [2.24, 2.45) is 0 Å². The van der Waals surface area contributed by atoms with E-state index in [-0.39, 0.29) is 79.4 Å². The molecule has 3 aromatic carbocycles. The predicted molar refractivity (Wildman–Crippen MR) is 374 cm³/mol. The molecular weight excluding hydrogens is 1350 g/mol. The van der Waals surface area contributed by atoms with Crippen molar-refractivity contribution in [2.45, 2.75) is 153 Å². The molecule has 5 aliphatic heterocycles. The van der Waals surface area contributed by atoms with Gasteiger partial charge in [0.15, 0.2) is 30.3 Å². The minimum Gasteiger partial charge on any atom is -0.491 e. The first-order valence-corrected chi connectivity index (χ1v) is 32.1. The molecule has 12 aromatic rings. The molecule has 0 spiro atoms. The molecule has 14 heterocycles. The number of pyridine rings is 3. The first-order valence-electron chi connectivity index (χ1n) is 31.7. The van der Waals surface area contributed by atoms with Gasteiger partial charge in [-0.1, -0.05) is 37.2 Å². The molecule has 5 aliphatic rings. The molecule has 518 valence electrons. The normalized spacial score (nSPS) is 26.7. The minimum atomic E-state index is -1.50. The van der Waals surface area contributed by atoms with E-state index in [2.05, 4.69) is 44.9 Å². The number of hydrogen-bond acceptors (Lipinski definition) is 21. The van der Waals surface area contributed by atoms with Crippen LogP contribution in [0.15, 0.2) is 165 Å². The summed E-state index contributed by atoms with van der Waals surface area (Å²) in [5, 5.41) is 27.9. The van der Waals surface area contributed by atoms with E-state index in [0.717, 1.165) is 77.4 Å². The van der Waals surface area contributed by atoms with Gasteiger partial charge in [0.25, 0.3) is 0 Å². The number of benzene rings is 3. The van der Waals surface area contributed by atoms with Gasteiger partial charge in [-0.2, -0.15) is 0 Å². The average Bonchev–Trinajstić information content (AvgIpc) is 1.57. The molecule has 26 heteroatoms. The van der Waals surface area contributed by atoms with Crippen molar-refractivity contribution in [3.05, 3.63) is 197 Å². The van der Waals surface area contributed by atoms with Gasteiger partial charge in [-0.15, -0.1) is 0 Å². The second kappa shape index (κ2) is 28.3. The summed E-state index contributed by atoms with van der Waals surface area (Å²) in [6, 6.07) is 34.9. The number of rotatable bonds is 12. The Morgan fingerprint density at radius 1 is 0.470 bits per heavy atom. The zero-order valence-corrected chi connectivity index (χ0v) is 60.6. The SMILES string of the molecule is C.CC1(C)O[C@H]2[C@H](n3ccc4c(Cl)ncnc43)O[C@H](COc3ccc4cccnc4c3)[C@@]2(C)O1.Cc1ncnc2c1ccn2[C@@H]1O[C@H](COc2ccc3cccnc3c2)[C@@](C)(O)[C@H]1O.Cc1ncnc2c1ccn2[C@@H]1O[C@H](COc2ccc3cccnc3c2)[C@@]2(C)OC(C)(C)O[C@@H]12.[CH3-].[CH3-].[Zn+2]. The van der Waals surface area contributed by atoms with Crippen molar-refractivity contribution in [1.29, 1.82) is 0 Å². The summed E-state index contributed by atoms with van der Waals surface area (Å²) in [5.41, 5.74) is 3.56. The van der Waals surface area contributed by atoms with Crippen LogP contribution in [0, 0.1) is 28.7 Å². The third-order valence-electron chi connectivity index (χ3n) is 18.7. The van der Waals surface area contributed by atoms with Crippen LogP contribution >= 0.6 is 11.6 Å². The van der Waals surface area contributed by atoms with Crippen LogP contribution < -0.4 is 14.2 Å². The van der Waals surface area contributed by atoms with Gasteiger partial charge >= 0.3 is 19.5 Å². The molecule has 5 fully saturated rings. The van der Waals surface area contributed by atoms with E-state index in [4.69, 9.17) is 59.0 Å². The van der Waals surface area contributed by atoms with E-state index in [1.54, 1.807) is 42.6 Å².